The van der Waals surface area contributed by atoms with Gasteiger partial charge in [0.2, 0.25) is 0 Å². The van der Waals surface area contributed by atoms with E-state index < -0.39 is 0 Å². The van der Waals surface area contributed by atoms with E-state index in [2.05, 4.69) is 6.92 Å². The maximum Gasteiger partial charge on any atom is 0.254 e. The highest BCUT2D eigenvalue weighted by atomic mass is 16.2. The zero-order valence-electron chi connectivity index (χ0n) is 14.0. The van der Waals surface area contributed by atoms with Gasteiger partial charge in [0.25, 0.3) is 5.91 Å². The van der Waals surface area contributed by atoms with Gasteiger partial charge < -0.3 is 4.90 Å². The van der Waals surface area contributed by atoms with Crippen molar-refractivity contribution < 1.29 is 4.79 Å². The van der Waals surface area contributed by atoms with E-state index in [-0.39, 0.29) is 5.91 Å². The van der Waals surface area contributed by atoms with Crippen molar-refractivity contribution in [2.75, 3.05) is 13.1 Å². The predicted molar refractivity (Wildman–Crippen MR) is 97.9 cm³/mol. The molecule has 0 saturated heterocycles. The number of likely N-dealkylation sites (N-methyl/N-ethyl adjacent to an activating group) is 1. The highest BCUT2D eigenvalue weighted by molar-refractivity contribution is 6.24. The molecule has 0 heterocycles. The van der Waals surface area contributed by atoms with Crippen molar-refractivity contribution in [3.05, 3.63) is 71.8 Å². The molecular formula is C21H25NO. The molecule has 0 saturated carbocycles. The van der Waals surface area contributed by atoms with Gasteiger partial charge in [0, 0.05) is 18.7 Å². The Balaban J connectivity index is 2.37. The van der Waals surface area contributed by atoms with Crippen LogP contribution in [0.3, 0.4) is 0 Å². The first-order valence-corrected chi connectivity index (χ1v) is 8.37. The zero-order chi connectivity index (χ0) is 16.5. The van der Waals surface area contributed by atoms with E-state index in [1.807, 2.05) is 78.6 Å². The van der Waals surface area contributed by atoms with Gasteiger partial charge in [-0.25, -0.2) is 0 Å². The molecular weight excluding hydrogens is 282 g/mol. The van der Waals surface area contributed by atoms with E-state index in [1.54, 1.807) is 0 Å². The summed E-state index contributed by atoms with van der Waals surface area (Å²) in [4.78, 5) is 15.0. The largest absolute Gasteiger partial charge is 0.339 e. The minimum atomic E-state index is 0.107. The summed E-state index contributed by atoms with van der Waals surface area (Å²) in [6.07, 6.45) is 4.12. The second-order valence-electron chi connectivity index (χ2n) is 5.57. The van der Waals surface area contributed by atoms with Crippen molar-refractivity contribution in [3.8, 4) is 0 Å². The molecule has 0 aliphatic carbocycles. The van der Waals surface area contributed by atoms with E-state index in [0.29, 0.717) is 0 Å². The van der Waals surface area contributed by atoms with Gasteiger partial charge in [-0.15, -0.1) is 0 Å². The number of carbonyl (C=O) groups excluding carboxylic acids is 1. The lowest BCUT2D eigenvalue weighted by molar-refractivity contribution is -0.124. The molecule has 0 aliphatic rings. The van der Waals surface area contributed by atoms with Crippen LogP contribution in [-0.2, 0) is 4.79 Å². The average Bonchev–Trinajstić information content (AvgIpc) is 2.62. The van der Waals surface area contributed by atoms with Crippen molar-refractivity contribution in [1.29, 1.82) is 0 Å². The van der Waals surface area contributed by atoms with Gasteiger partial charge >= 0.3 is 0 Å². The highest BCUT2D eigenvalue weighted by Gasteiger charge is 2.18. The molecule has 0 N–H and O–H groups in total. The van der Waals surface area contributed by atoms with Gasteiger partial charge in [0.15, 0.2) is 0 Å². The first-order chi connectivity index (χ1) is 11.3. The van der Waals surface area contributed by atoms with Gasteiger partial charge in [-0.2, -0.15) is 0 Å². The summed E-state index contributed by atoms with van der Waals surface area (Å²) in [5, 5.41) is 0. The molecule has 0 fully saturated rings. The van der Waals surface area contributed by atoms with Crippen LogP contribution in [0.5, 0.6) is 0 Å². The number of amides is 1. The van der Waals surface area contributed by atoms with E-state index in [9.17, 15) is 4.79 Å². The van der Waals surface area contributed by atoms with Crippen LogP contribution in [0.1, 0.15) is 37.8 Å². The molecule has 23 heavy (non-hydrogen) atoms. The van der Waals surface area contributed by atoms with Crippen LogP contribution in [0.25, 0.3) is 11.6 Å². The molecule has 2 rings (SSSR count). The molecule has 0 atom stereocenters. The minimum Gasteiger partial charge on any atom is -0.339 e. The van der Waals surface area contributed by atoms with Crippen molar-refractivity contribution in [1.82, 2.24) is 4.90 Å². The minimum absolute atomic E-state index is 0.107. The lowest BCUT2D eigenvalue weighted by Gasteiger charge is -2.22. The Bertz CT molecular complexity index is 631. The second kappa shape index (κ2) is 8.94. The Morgan fingerprint density at radius 2 is 1.57 bits per heavy atom. The summed E-state index contributed by atoms with van der Waals surface area (Å²) in [5.41, 5.74) is 2.78. The van der Waals surface area contributed by atoms with Crippen molar-refractivity contribution in [2.24, 2.45) is 0 Å². The number of rotatable bonds is 7. The number of nitrogens with zero attached hydrogens (tertiary/aromatic N) is 1. The van der Waals surface area contributed by atoms with E-state index >= 15 is 0 Å². The lowest BCUT2D eigenvalue weighted by atomic mass is 10.0. The monoisotopic (exact) mass is 307 g/mol. The third-order valence-electron chi connectivity index (χ3n) is 3.88. The lowest BCUT2D eigenvalue weighted by Crippen LogP contribution is -2.32. The van der Waals surface area contributed by atoms with Gasteiger partial charge in [-0.1, -0.05) is 74.0 Å². The maximum absolute atomic E-state index is 13.0. The van der Waals surface area contributed by atoms with Crippen molar-refractivity contribution in [3.63, 3.8) is 0 Å². The van der Waals surface area contributed by atoms with Gasteiger partial charge in [-0.3, -0.25) is 4.79 Å². The normalized spacial score (nSPS) is 11.3. The van der Waals surface area contributed by atoms with Crippen LogP contribution < -0.4 is 0 Å². The first kappa shape index (κ1) is 17.0. The number of hydrogen-bond donors (Lipinski definition) is 0. The molecule has 2 aromatic carbocycles. The molecule has 0 aromatic heterocycles. The van der Waals surface area contributed by atoms with E-state index in [0.717, 1.165) is 42.6 Å². The molecule has 0 unspecified atom stereocenters. The van der Waals surface area contributed by atoms with Crippen LogP contribution in [0.2, 0.25) is 0 Å². The summed E-state index contributed by atoms with van der Waals surface area (Å²) < 4.78 is 0. The summed E-state index contributed by atoms with van der Waals surface area (Å²) >= 11 is 0. The van der Waals surface area contributed by atoms with Crippen LogP contribution >= 0.6 is 0 Å². The maximum atomic E-state index is 13.0. The smallest absolute Gasteiger partial charge is 0.254 e. The Morgan fingerprint density at radius 1 is 0.957 bits per heavy atom. The summed E-state index contributed by atoms with van der Waals surface area (Å²) in [6.45, 7) is 5.73. The molecule has 0 spiro atoms. The summed E-state index contributed by atoms with van der Waals surface area (Å²) in [6, 6.07) is 20.0. The average molecular weight is 307 g/mol. The van der Waals surface area contributed by atoms with Crippen LogP contribution in [-0.4, -0.2) is 23.9 Å². The van der Waals surface area contributed by atoms with E-state index in [4.69, 9.17) is 0 Å². The third kappa shape index (κ3) is 4.82. The Labute approximate surface area is 139 Å². The van der Waals surface area contributed by atoms with Gasteiger partial charge in [-0.05, 0) is 30.5 Å². The van der Waals surface area contributed by atoms with E-state index in [1.165, 1.54) is 0 Å². The van der Waals surface area contributed by atoms with Crippen LogP contribution in [0.4, 0.5) is 0 Å². The Hall–Kier alpha value is -2.35. The summed E-state index contributed by atoms with van der Waals surface area (Å²) in [7, 11) is 0. The summed E-state index contributed by atoms with van der Waals surface area (Å²) in [5.74, 6) is 0.107. The predicted octanol–water partition coefficient (Wildman–Crippen LogP) is 4.88. The highest BCUT2D eigenvalue weighted by Crippen LogP contribution is 2.21. The van der Waals surface area contributed by atoms with Gasteiger partial charge in [0.1, 0.15) is 0 Å². The molecule has 120 valence electrons. The molecule has 0 aliphatic heterocycles. The third-order valence-corrected chi connectivity index (χ3v) is 3.88. The molecule has 1 amide bonds. The van der Waals surface area contributed by atoms with Crippen LogP contribution in [0.15, 0.2) is 60.7 Å². The standard InChI is InChI=1S/C21H25NO/c1-3-5-16-22(4-2)21(23)20(19-14-10-7-11-15-19)17-18-12-8-6-9-13-18/h6-15,17H,3-5,16H2,1-2H3. The number of carbonyl (C=O) groups is 1. The Morgan fingerprint density at radius 3 is 2.13 bits per heavy atom. The zero-order valence-corrected chi connectivity index (χ0v) is 14.0. The number of benzene rings is 2. The fraction of sp³-hybridized carbons (Fsp3) is 0.286. The SMILES string of the molecule is CCCCN(CC)C(=O)C(=Cc1ccccc1)c1ccccc1. The second-order valence-corrected chi connectivity index (χ2v) is 5.57. The quantitative estimate of drug-likeness (QED) is 0.527. The van der Waals surface area contributed by atoms with Crippen molar-refractivity contribution in [2.45, 2.75) is 26.7 Å². The fourth-order valence-corrected chi connectivity index (χ4v) is 2.52. The topological polar surface area (TPSA) is 20.3 Å². The van der Waals surface area contributed by atoms with Gasteiger partial charge in [0.05, 0.1) is 0 Å². The molecule has 2 nitrogen and oxygen atoms in total. The number of unbranched alkanes of at least 4 members (excludes halogenated alkanes) is 1. The molecule has 0 radical (unpaired) electrons. The van der Waals surface area contributed by atoms with Crippen molar-refractivity contribution >= 4 is 17.6 Å². The number of hydrogen-bond acceptors (Lipinski definition) is 1. The van der Waals surface area contributed by atoms with Crippen LogP contribution in [0, 0.1) is 0 Å². The molecule has 2 heteroatoms. The molecule has 0 bridgehead atoms. The Kier molecular flexibility index (Phi) is 6.61. The molecule has 2 aromatic rings. The fourth-order valence-electron chi connectivity index (χ4n) is 2.52. The first-order valence-electron chi connectivity index (χ1n) is 8.37.